The fraction of sp³-hybridized carbons (Fsp3) is 0.273. The third-order valence-corrected chi connectivity index (χ3v) is 3.31. The molecule has 2 nitrogen and oxygen atoms in total. The molecule has 1 aromatic heterocycles. The molecule has 2 rings (SSSR count). The molecule has 1 aromatic carbocycles. The van der Waals surface area contributed by atoms with Gasteiger partial charge in [0.25, 0.3) is 0 Å². The number of benzene rings is 1. The summed E-state index contributed by atoms with van der Waals surface area (Å²) in [7, 11) is 1.67. The first-order valence-electron chi connectivity index (χ1n) is 4.42. The highest BCUT2D eigenvalue weighted by atomic mass is 32.1. The Labute approximate surface area is 86.8 Å². The molecular formula is C11H12O2S. The van der Waals surface area contributed by atoms with Crippen molar-refractivity contribution in [1.82, 2.24) is 0 Å². The van der Waals surface area contributed by atoms with E-state index in [0.29, 0.717) is 0 Å². The molecule has 1 N–H and O–H groups in total. The van der Waals surface area contributed by atoms with Gasteiger partial charge < -0.3 is 9.84 Å². The van der Waals surface area contributed by atoms with Gasteiger partial charge in [0.2, 0.25) is 0 Å². The smallest absolute Gasteiger partial charge is 0.174 e. The summed E-state index contributed by atoms with van der Waals surface area (Å²) in [6, 6.07) is 6.06. The monoisotopic (exact) mass is 208 g/mol. The van der Waals surface area contributed by atoms with Crippen LogP contribution in [0.3, 0.4) is 0 Å². The van der Waals surface area contributed by atoms with Gasteiger partial charge in [-0.15, -0.1) is 0 Å². The summed E-state index contributed by atoms with van der Waals surface area (Å²) < 4.78 is 6.36. The minimum Gasteiger partial charge on any atom is -0.487 e. The molecule has 3 heteroatoms. The number of fused-ring (bicyclic) bond motifs is 1. The first-order chi connectivity index (χ1) is 6.74. The number of methoxy groups -OCH3 is 1. The molecule has 0 amide bonds. The Kier molecular flexibility index (Phi) is 2.44. The summed E-state index contributed by atoms with van der Waals surface area (Å²) in [5.41, 5.74) is 2.14. The van der Waals surface area contributed by atoms with Gasteiger partial charge in [0.15, 0.2) is 5.06 Å². The van der Waals surface area contributed by atoms with Crippen molar-refractivity contribution in [2.45, 2.75) is 13.5 Å². The quantitative estimate of drug-likeness (QED) is 0.822. The lowest BCUT2D eigenvalue weighted by Crippen LogP contribution is -1.83. The maximum Gasteiger partial charge on any atom is 0.174 e. The largest absolute Gasteiger partial charge is 0.487 e. The average molecular weight is 208 g/mol. The van der Waals surface area contributed by atoms with Crippen LogP contribution < -0.4 is 4.74 Å². The highest BCUT2D eigenvalue weighted by molar-refractivity contribution is 7.20. The van der Waals surface area contributed by atoms with Gasteiger partial charge in [-0.05, 0) is 35.6 Å². The van der Waals surface area contributed by atoms with Crippen LogP contribution >= 0.6 is 11.3 Å². The van der Waals surface area contributed by atoms with Gasteiger partial charge in [0, 0.05) is 4.70 Å². The van der Waals surface area contributed by atoms with Crippen molar-refractivity contribution < 1.29 is 9.84 Å². The van der Waals surface area contributed by atoms with Crippen LogP contribution in [-0.2, 0) is 6.61 Å². The van der Waals surface area contributed by atoms with E-state index in [9.17, 15) is 0 Å². The number of ether oxygens (including phenoxy) is 1. The molecular weight excluding hydrogens is 196 g/mol. The third kappa shape index (κ3) is 1.49. The Hall–Kier alpha value is -1.06. The molecule has 0 aliphatic carbocycles. The second kappa shape index (κ2) is 3.59. The fourth-order valence-corrected chi connectivity index (χ4v) is 2.57. The molecule has 2 aromatic rings. The van der Waals surface area contributed by atoms with Gasteiger partial charge in [-0.1, -0.05) is 17.4 Å². The summed E-state index contributed by atoms with van der Waals surface area (Å²) in [5.74, 6) is 0. The number of aliphatic hydroxyl groups is 1. The molecule has 0 bridgehead atoms. The second-order valence-electron chi connectivity index (χ2n) is 3.25. The third-order valence-electron chi connectivity index (χ3n) is 2.27. The number of aryl methyl sites for hydroxylation is 1. The lowest BCUT2D eigenvalue weighted by Gasteiger charge is -1.99. The predicted octanol–water partition coefficient (Wildman–Crippen LogP) is 2.71. The van der Waals surface area contributed by atoms with E-state index >= 15 is 0 Å². The zero-order valence-electron chi connectivity index (χ0n) is 8.20. The van der Waals surface area contributed by atoms with Crippen molar-refractivity contribution in [2.24, 2.45) is 0 Å². The topological polar surface area (TPSA) is 29.5 Å². The van der Waals surface area contributed by atoms with E-state index in [4.69, 9.17) is 9.84 Å². The van der Waals surface area contributed by atoms with Gasteiger partial charge in [0.05, 0.1) is 13.7 Å². The zero-order valence-corrected chi connectivity index (χ0v) is 9.02. The van der Waals surface area contributed by atoms with Gasteiger partial charge >= 0.3 is 0 Å². The van der Waals surface area contributed by atoms with E-state index in [1.54, 1.807) is 18.4 Å². The first-order valence-corrected chi connectivity index (χ1v) is 5.24. The maximum atomic E-state index is 9.06. The van der Waals surface area contributed by atoms with Crippen LogP contribution in [0.15, 0.2) is 18.2 Å². The van der Waals surface area contributed by atoms with Gasteiger partial charge in [-0.3, -0.25) is 0 Å². The number of hydrogen-bond donors (Lipinski definition) is 1. The Bertz CT molecular complexity index is 460. The number of aliphatic hydroxyl groups excluding tert-OH is 1. The van der Waals surface area contributed by atoms with Crippen LogP contribution in [0.5, 0.6) is 5.06 Å². The van der Waals surface area contributed by atoms with Crippen LogP contribution in [0, 0.1) is 6.92 Å². The molecule has 0 aliphatic rings. The molecule has 0 saturated heterocycles. The summed E-state index contributed by atoms with van der Waals surface area (Å²) in [5, 5.41) is 11.2. The highest BCUT2D eigenvalue weighted by Gasteiger charge is 2.05. The molecule has 0 fully saturated rings. The van der Waals surface area contributed by atoms with Crippen LogP contribution in [0.4, 0.5) is 0 Å². The van der Waals surface area contributed by atoms with Crippen molar-refractivity contribution >= 4 is 21.4 Å². The van der Waals surface area contributed by atoms with E-state index in [2.05, 4.69) is 0 Å². The lowest BCUT2D eigenvalue weighted by molar-refractivity contribution is 0.282. The summed E-state index contributed by atoms with van der Waals surface area (Å²) in [6.07, 6.45) is 0. The minimum atomic E-state index is 0.0942. The Morgan fingerprint density at radius 2 is 2.14 bits per heavy atom. The second-order valence-corrected chi connectivity index (χ2v) is 4.30. The molecule has 74 valence electrons. The van der Waals surface area contributed by atoms with E-state index < -0.39 is 0 Å². The average Bonchev–Trinajstić information content (AvgIpc) is 2.61. The Morgan fingerprint density at radius 1 is 1.36 bits per heavy atom. The van der Waals surface area contributed by atoms with Crippen molar-refractivity contribution in [3.8, 4) is 5.06 Å². The maximum absolute atomic E-state index is 9.06. The molecule has 0 saturated carbocycles. The van der Waals surface area contributed by atoms with Gasteiger partial charge in [-0.2, -0.15) is 0 Å². The normalized spacial score (nSPS) is 10.8. The molecule has 0 aliphatic heterocycles. The standard InChI is InChI=1S/C11H12O2S/c1-7-3-8(6-12)4-10-9(7)5-11(13-2)14-10/h3-5,12H,6H2,1-2H3. The van der Waals surface area contributed by atoms with Gasteiger partial charge in [0.1, 0.15) is 0 Å². The van der Waals surface area contributed by atoms with Gasteiger partial charge in [-0.25, -0.2) is 0 Å². The van der Waals surface area contributed by atoms with Crippen LogP contribution in [0.25, 0.3) is 10.1 Å². The SMILES string of the molecule is COc1cc2c(C)cc(CO)cc2s1. The minimum absolute atomic E-state index is 0.0942. The number of thiophene rings is 1. The number of hydrogen-bond acceptors (Lipinski definition) is 3. The van der Waals surface area contributed by atoms with E-state index in [-0.39, 0.29) is 6.61 Å². The van der Waals surface area contributed by atoms with Crippen LogP contribution in [0.2, 0.25) is 0 Å². The molecule has 14 heavy (non-hydrogen) atoms. The van der Waals surface area contributed by atoms with Crippen LogP contribution in [-0.4, -0.2) is 12.2 Å². The molecule has 1 heterocycles. The zero-order chi connectivity index (χ0) is 10.1. The summed E-state index contributed by atoms with van der Waals surface area (Å²) in [4.78, 5) is 0. The molecule has 0 unspecified atom stereocenters. The summed E-state index contributed by atoms with van der Waals surface area (Å²) in [6.45, 7) is 2.14. The molecule has 0 spiro atoms. The van der Waals surface area contributed by atoms with Crippen molar-refractivity contribution in [2.75, 3.05) is 7.11 Å². The Morgan fingerprint density at radius 3 is 2.79 bits per heavy atom. The fourth-order valence-electron chi connectivity index (χ4n) is 1.55. The van der Waals surface area contributed by atoms with E-state index in [1.807, 2.05) is 25.1 Å². The van der Waals surface area contributed by atoms with Crippen LogP contribution in [0.1, 0.15) is 11.1 Å². The predicted molar refractivity (Wildman–Crippen MR) is 59.0 cm³/mol. The van der Waals surface area contributed by atoms with E-state index in [1.165, 1.54) is 15.6 Å². The highest BCUT2D eigenvalue weighted by Crippen LogP contribution is 2.34. The van der Waals surface area contributed by atoms with Crippen molar-refractivity contribution in [1.29, 1.82) is 0 Å². The lowest BCUT2D eigenvalue weighted by atomic mass is 10.1. The van der Waals surface area contributed by atoms with E-state index in [0.717, 1.165) is 10.6 Å². The van der Waals surface area contributed by atoms with Crippen molar-refractivity contribution in [3.63, 3.8) is 0 Å². The first kappa shape index (κ1) is 9.49. The molecule has 0 radical (unpaired) electrons. The Balaban J connectivity index is 2.67. The van der Waals surface area contributed by atoms with Crippen molar-refractivity contribution in [3.05, 3.63) is 29.3 Å². The summed E-state index contributed by atoms with van der Waals surface area (Å²) >= 11 is 1.61. The molecule has 0 atom stereocenters. The number of rotatable bonds is 2.